The Bertz CT molecular complexity index is 1100. The summed E-state index contributed by atoms with van der Waals surface area (Å²) in [6, 6.07) is 12.9. The zero-order valence-corrected chi connectivity index (χ0v) is 14.8. The van der Waals surface area contributed by atoms with Crippen LogP contribution < -0.4 is 0 Å². The lowest BCUT2D eigenvalue weighted by Crippen LogP contribution is -2.02. The minimum absolute atomic E-state index is 0.161. The Morgan fingerprint density at radius 1 is 1.04 bits per heavy atom. The summed E-state index contributed by atoms with van der Waals surface area (Å²) in [4.78, 5) is 2.58. The summed E-state index contributed by atoms with van der Waals surface area (Å²) in [5.41, 5.74) is 1.12. The summed E-state index contributed by atoms with van der Waals surface area (Å²) in [6.45, 7) is 0. The van der Waals surface area contributed by atoms with Gasteiger partial charge in [-0.1, -0.05) is 35.3 Å². The van der Waals surface area contributed by atoms with E-state index in [1.54, 1.807) is 24.3 Å². The van der Waals surface area contributed by atoms with Crippen LogP contribution in [0, 0.1) is 17.1 Å². The minimum Gasteiger partial charge on any atom is -0.344 e. The van der Waals surface area contributed by atoms with Crippen LogP contribution in [0.3, 0.4) is 0 Å². The largest absolute Gasteiger partial charge is 0.344 e. The van der Waals surface area contributed by atoms with Crippen LogP contribution in [0.4, 0.5) is 4.39 Å². The second-order valence-corrected chi connectivity index (χ2v) is 7.88. The smallest absolute Gasteiger partial charge is 0.221 e. The first-order valence-corrected chi connectivity index (χ1v) is 9.16. The maximum absolute atomic E-state index is 13.3. The molecule has 1 N–H and O–H groups in total. The molecular weight excluding hydrogens is 386 g/mol. The number of hydrogen-bond donors (Lipinski definition) is 1. The second-order valence-electron chi connectivity index (χ2n) is 5.12. The van der Waals surface area contributed by atoms with Crippen molar-refractivity contribution in [2.75, 3.05) is 0 Å². The zero-order chi connectivity index (χ0) is 18.2. The van der Waals surface area contributed by atoms with Crippen LogP contribution in [0.1, 0.15) is 5.56 Å². The standard InChI is InChI=1S/C17H9Cl2FN2O2S/c18-12-3-1-10(2-4-12)17-11(9-21)7-16(22-17)25(23,24)13-5-6-15(20)14(19)8-13/h1-8,22H. The van der Waals surface area contributed by atoms with E-state index in [9.17, 15) is 18.1 Å². The molecule has 1 heterocycles. The molecule has 0 fully saturated rings. The molecule has 0 aliphatic carbocycles. The highest BCUT2D eigenvalue weighted by Gasteiger charge is 2.23. The van der Waals surface area contributed by atoms with Gasteiger partial charge in [-0.25, -0.2) is 12.8 Å². The Morgan fingerprint density at radius 3 is 2.32 bits per heavy atom. The molecule has 0 amide bonds. The number of nitrogens with one attached hydrogen (secondary N) is 1. The number of rotatable bonds is 3. The number of halogens is 3. The molecule has 25 heavy (non-hydrogen) atoms. The summed E-state index contributed by atoms with van der Waals surface area (Å²) < 4.78 is 38.7. The van der Waals surface area contributed by atoms with E-state index in [-0.39, 0.29) is 20.5 Å². The van der Waals surface area contributed by atoms with Crippen LogP contribution in [0.25, 0.3) is 11.3 Å². The van der Waals surface area contributed by atoms with Gasteiger partial charge in [-0.05, 0) is 42.0 Å². The van der Waals surface area contributed by atoms with Gasteiger partial charge in [0.05, 0.1) is 21.2 Å². The molecule has 0 saturated heterocycles. The number of hydrogen-bond acceptors (Lipinski definition) is 3. The predicted octanol–water partition coefficient (Wildman–Crippen LogP) is 4.83. The van der Waals surface area contributed by atoms with Gasteiger partial charge in [0.15, 0.2) is 0 Å². The van der Waals surface area contributed by atoms with E-state index in [1.165, 1.54) is 6.07 Å². The average molecular weight is 395 g/mol. The van der Waals surface area contributed by atoms with Crippen molar-refractivity contribution in [1.82, 2.24) is 4.98 Å². The van der Waals surface area contributed by atoms with Gasteiger partial charge in [-0.2, -0.15) is 5.26 Å². The molecule has 0 atom stereocenters. The van der Waals surface area contributed by atoms with Crippen LogP contribution in [0.2, 0.25) is 10.0 Å². The fourth-order valence-electron chi connectivity index (χ4n) is 2.28. The van der Waals surface area contributed by atoms with Gasteiger partial charge in [0.2, 0.25) is 9.84 Å². The lowest BCUT2D eigenvalue weighted by atomic mass is 10.1. The summed E-state index contributed by atoms with van der Waals surface area (Å²) in [7, 11) is -3.99. The SMILES string of the molecule is N#Cc1cc(S(=O)(=O)c2ccc(F)c(Cl)c2)[nH]c1-c1ccc(Cl)cc1. The number of nitriles is 1. The quantitative estimate of drug-likeness (QED) is 0.646. The molecule has 0 aliphatic rings. The molecule has 0 unspecified atom stereocenters. The van der Waals surface area contributed by atoms with Crippen LogP contribution >= 0.6 is 23.2 Å². The summed E-state index contributed by atoms with van der Waals surface area (Å²) in [5.74, 6) is -0.716. The lowest BCUT2D eigenvalue weighted by Gasteiger charge is -2.04. The van der Waals surface area contributed by atoms with Crippen molar-refractivity contribution in [3.8, 4) is 17.3 Å². The highest BCUT2D eigenvalue weighted by Crippen LogP contribution is 2.30. The summed E-state index contributed by atoms with van der Waals surface area (Å²) >= 11 is 11.5. The Labute approximate surface area is 153 Å². The fraction of sp³-hybridized carbons (Fsp3) is 0. The van der Waals surface area contributed by atoms with Gasteiger partial charge in [0.25, 0.3) is 0 Å². The summed E-state index contributed by atoms with van der Waals surface area (Å²) in [5, 5.41) is 9.34. The first-order chi connectivity index (χ1) is 11.8. The van der Waals surface area contributed by atoms with E-state index in [1.807, 2.05) is 6.07 Å². The topological polar surface area (TPSA) is 73.7 Å². The fourth-order valence-corrected chi connectivity index (χ4v) is 3.93. The van der Waals surface area contributed by atoms with Crippen molar-refractivity contribution >= 4 is 33.0 Å². The van der Waals surface area contributed by atoms with Crippen LogP contribution in [-0.2, 0) is 9.84 Å². The predicted molar refractivity (Wildman–Crippen MR) is 92.8 cm³/mol. The van der Waals surface area contributed by atoms with E-state index in [4.69, 9.17) is 23.2 Å². The van der Waals surface area contributed by atoms with Gasteiger partial charge < -0.3 is 4.98 Å². The van der Waals surface area contributed by atoms with Crippen molar-refractivity contribution in [1.29, 1.82) is 5.26 Å². The van der Waals surface area contributed by atoms with Gasteiger partial charge in [-0.15, -0.1) is 0 Å². The lowest BCUT2D eigenvalue weighted by molar-refractivity contribution is 0.592. The zero-order valence-electron chi connectivity index (χ0n) is 12.4. The van der Waals surface area contributed by atoms with Crippen molar-refractivity contribution in [3.63, 3.8) is 0 Å². The third kappa shape index (κ3) is 3.27. The Kier molecular flexibility index (Phi) is 4.56. The van der Waals surface area contributed by atoms with Crippen LogP contribution in [-0.4, -0.2) is 13.4 Å². The molecule has 0 radical (unpaired) electrons. The average Bonchev–Trinajstić information content (AvgIpc) is 3.03. The molecule has 4 nitrogen and oxygen atoms in total. The molecule has 3 aromatic rings. The first kappa shape index (κ1) is 17.5. The molecule has 0 aliphatic heterocycles. The van der Waals surface area contributed by atoms with E-state index >= 15 is 0 Å². The number of nitrogens with zero attached hydrogens (tertiary/aromatic N) is 1. The maximum atomic E-state index is 13.3. The van der Waals surface area contributed by atoms with Crippen molar-refractivity contribution in [2.24, 2.45) is 0 Å². The molecule has 8 heteroatoms. The first-order valence-electron chi connectivity index (χ1n) is 6.92. The molecule has 0 spiro atoms. The Balaban J connectivity index is 2.13. The van der Waals surface area contributed by atoms with Crippen LogP contribution in [0.5, 0.6) is 0 Å². The number of sulfone groups is 1. The van der Waals surface area contributed by atoms with Crippen LogP contribution in [0.15, 0.2) is 58.5 Å². The van der Waals surface area contributed by atoms with Gasteiger partial charge in [0.1, 0.15) is 16.9 Å². The monoisotopic (exact) mass is 394 g/mol. The third-order valence-corrected chi connectivity index (χ3v) is 5.75. The molecular formula is C17H9Cl2FN2O2S. The Morgan fingerprint density at radius 2 is 1.72 bits per heavy atom. The highest BCUT2D eigenvalue weighted by molar-refractivity contribution is 7.91. The number of aromatic amines is 1. The highest BCUT2D eigenvalue weighted by atomic mass is 35.5. The van der Waals surface area contributed by atoms with Gasteiger partial charge in [-0.3, -0.25) is 0 Å². The van der Waals surface area contributed by atoms with Gasteiger partial charge >= 0.3 is 0 Å². The molecule has 2 aromatic carbocycles. The van der Waals surface area contributed by atoms with E-state index in [2.05, 4.69) is 4.98 Å². The van der Waals surface area contributed by atoms with Crippen molar-refractivity contribution in [2.45, 2.75) is 9.92 Å². The molecule has 1 aromatic heterocycles. The maximum Gasteiger partial charge on any atom is 0.221 e. The van der Waals surface area contributed by atoms with E-state index in [0.29, 0.717) is 16.3 Å². The number of H-pyrrole nitrogens is 1. The molecule has 126 valence electrons. The van der Waals surface area contributed by atoms with Crippen molar-refractivity contribution in [3.05, 3.63) is 70.0 Å². The summed E-state index contributed by atoms with van der Waals surface area (Å²) in [6.07, 6.45) is 0. The number of aromatic nitrogens is 1. The molecule has 0 saturated carbocycles. The van der Waals surface area contributed by atoms with E-state index in [0.717, 1.165) is 18.2 Å². The second kappa shape index (κ2) is 6.52. The number of benzene rings is 2. The van der Waals surface area contributed by atoms with Crippen molar-refractivity contribution < 1.29 is 12.8 Å². The Hall–Kier alpha value is -2.33. The third-order valence-electron chi connectivity index (χ3n) is 3.54. The molecule has 0 bridgehead atoms. The minimum atomic E-state index is -3.99. The molecule has 3 rings (SSSR count). The normalized spacial score (nSPS) is 11.3. The van der Waals surface area contributed by atoms with Gasteiger partial charge in [0, 0.05) is 5.02 Å². The van der Waals surface area contributed by atoms with E-state index < -0.39 is 15.7 Å².